The van der Waals surface area contributed by atoms with Crippen LogP contribution in [0.3, 0.4) is 0 Å². The quantitative estimate of drug-likeness (QED) is 0.219. The van der Waals surface area contributed by atoms with Gasteiger partial charge in [-0.25, -0.2) is 0 Å². The van der Waals surface area contributed by atoms with Crippen LogP contribution in [0.4, 0.5) is 0 Å². The van der Waals surface area contributed by atoms with Crippen molar-refractivity contribution in [2.75, 3.05) is 0 Å². The van der Waals surface area contributed by atoms with Gasteiger partial charge in [-0.15, -0.1) is 6.58 Å². The first-order valence-electron chi connectivity index (χ1n) is 12.1. The van der Waals surface area contributed by atoms with Gasteiger partial charge in [-0.1, -0.05) is 75.3 Å². The Morgan fingerprint density at radius 2 is 1.35 bits per heavy atom. The van der Waals surface area contributed by atoms with Crippen LogP contribution in [0.1, 0.15) is 82.6 Å². The first-order valence-corrected chi connectivity index (χ1v) is 17.1. The van der Waals surface area contributed by atoms with Crippen LogP contribution in [0.25, 0.3) is 0 Å². The van der Waals surface area contributed by atoms with Crippen molar-refractivity contribution in [1.82, 2.24) is 0 Å². The SMILES string of the molecule is C=CC[C@@H](O[Si](C)(C)C(C)(C)C)[C@@H](C)[C@@H](O[Si](C(C)C)(C(C)C)C(C)C)[C@H](C)C(=O)O. The summed E-state index contributed by atoms with van der Waals surface area (Å²) in [5.41, 5.74) is 1.17. The summed E-state index contributed by atoms with van der Waals surface area (Å²) in [5.74, 6) is -1.46. The van der Waals surface area contributed by atoms with Crippen molar-refractivity contribution < 1.29 is 18.8 Å². The molecule has 0 aromatic rings. The van der Waals surface area contributed by atoms with Crippen LogP contribution in [0, 0.1) is 11.8 Å². The molecule has 184 valence electrons. The predicted molar refractivity (Wildman–Crippen MR) is 139 cm³/mol. The summed E-state index contributed by atoms with van der Waals surface area (Å²) < 4.78 is 13.9. The van der Waals surface area contributed by atoms with Crippen molar-refractivity contribution in [3.05, 3.63) is 12.7 Å². The van der Waals surface area contributed by atoms with Gasteiger partial charge in [0, 0.05) is 5.92 Å². The van der Waals surface area contributed by atoms with Crippen LogP contribution in [-0.4, -0.2) is 39.9 Å². The molecule has 0 aromatic heterocycles. The van der Waals surface area contributed by atoms with E-state index in [0.29, 0.717) is 23.0 Å². The van der Waals surface area contributed by atoms with Crippen LogP contribution in [0.15, 0.2) is 12.7 Å². The minimum atomic E-state index is -2.26. The molecule has 0 aliphatic heterocycles. The van der Waals surface area contributed by atoms with Gasteiger partial charge in [-0.05, 0) is 48.1 Å². The Labute approximate surface area is 195 Å². The van der Waals surface area contributed by atoms with Crippen molar-refractivity contribution in [1.29, 1.82) is 0 Å². The summed E-state index contributed by atoms with van der Waals surface area (Å²) in [5, 5.41) is 10.0. The van der Waals surface area contributed by atoms with Gasteiger partial charge in [-0.2, -0.15) is 0 Å². The molecule has 0 spiro atoms. The molecule has 0 amide bonds. The Kier molecular flexibility index (Phi) is 11.5. The molecule has 31 heavy (non-hydrogen) atoms. The van der Waals surface area contributed by atoms with E-state index in [-0.39, 0.29) is 17.1 Å². The third-order valence-corrected chi connectivity index (χ3v) is 18.3. The molecule has 0 aliphatic rings. The van der Waals surface area contributed by atoms with Gasteiger partial charge in [-0.3, -0.25) is 4.79 Å². The average molecular weight is 473 g/mol. The van der Waals surface area contributed by atoms with Crippen molar-refractivity contribution in [2.24, 2.45) is 11.8 Å². The lowest BCUT2D eigenvalue weighted by Gasteiger charge is -2.48. The second-order valence-corrected chi connectivity index (χ2v) is 22.0. The van der Waals surface area contributed by atoms with Crippen molar-refractivity contribution in [3.63, 3.8) is 0 Å². The molecular formula is C25H52O4Si2. The largest absolute Gasteiger partial charge is 0.481 e. The smallest absolute Gasteiger partial charge is 0.308 e. The maximum atomic E-state index is 12.1. The highest BCUT2D eigenvalue weighted by atomic mass is 28.4. The van der Waals surface area contributed by atoms with Gasteiger partial charge in [0.05, 0.1) is 18.1 Å². The number of carbonyl (C=O) groups is 1. The Hall–Kier alpha value is -0.436. The number of hydrogen-bond donors (Lipinski definition) is 1. The summed E-state index contributed by atoms with van der Waals surface area (Å²) in [6, 6.07) is 0. The molecule has 0 aliphatic carbocycles. The molecule has 0 radical (unpaired) electrons. The number of carboxylic acid groups (broad SMARTS) is 1. The number of hydrogen-bond acceptors (Lipinski definition) is 3. The summed E-state index contributed by atoms with van der Waals surface area (Å²) in [6.07, 6.45) is 2.09. The third kappa shape index (κ3) is 7.28. The molecule has 1 N–H and O–H groups in total. The monoisotopic (exact) mass is 472 g/mol. The molecule has 0 unspecified atom stereocenters. The second kappa shape index (κ2) is 11.6. The molecule has 0 rings (SSSR count). The first kappa shape index (κ1) is 30.6. The zero-order chi connectivity index (χ0) is 24.9. The van der Waals surface area contributed by atoms with Crippen molar-refractivity contribution in [2.45, 2.75) is 130 Å². The predicted octanol–water partition coefficient (Wildman–Crippen LogP) is 7.87. The number of carboxylic acids is 1. The first-order chi connectivity index (χ1) is 13.9. The van der Waals surface area contributed by atoms with E-state index in [1.807, 2.05) is 6.08 Å². The maximum Gasteiger partial charge on any atom is 0.308 e. The van der Waals surface area contributed by atoms with E-state index in [0.717, 1.165) is 0 Å². The minimum absolute atomic E-state index is 0.0543. The molecule has 0 saturated carbocycles. The zero-order valence-electron chi connectivity index (χ0n) is 22.7. The third-order valence-electron chi connectivity index (χ3n) is 7.69. The molecule has 0 saturated heterocycles. The number of rotatable bonds is 13. The van der Waals surface area contributed by atoms with Gasteiger partial charge in [0.2, 0.25) is 8.32 Å². The molecule has 4 atom stereocenters. The van der Waals surface area contributed by atoms with E-state index in [9.17, 15) is 9.90 Å². The Balaban J connectivity index is 6.35. The average Bonchev–Trinajstić information content (AvgIpc) is 2.59. The normalized spacial score (nSPS) is 17.7. The molecular weight excluding hydrogens is 420 g/mol. The lowest BCUT2D eigenvalue weighted by atomic mass is 9.88. The van der Waals surface area contributed by atoms with Gasteiger partial charge >= 0.3 is 5.97 Å². The summed E-state index contributed by atoms with van der Waals surface area (Å²) in [6.45, 7) is 32.5. The Morgan fingerprint density at radius 3 is 1.65 bits per heavy atom. The van der Waals surface area contributed by atoms with Gasteiger partial charge < -0.3 is 14.0 Å². The minimum Gasteiger partial charge on any atom is -0.481 e. The lowest BCUT2D eigenvalue weighted by Crippen LogP contribution is -2.55. The van der Waals surface area contributed by atoms with Crippen LogP contribution in [0.2, 0.25) is 34.8 Å². The van der Waals surface area contributed by atoms with Gasteiger partial charge in [0.25, 0.3) is 0 Å². The molecule has 6 heteroatoms. The fraction of sp³-hybridized carbons (Fsp3) is 0.880. The zero-order valence-corrected chi connectivity index (χ0v) is 24.7. The van der Waals surface area contributed by atoms with Crippen LogP contribution >= 0.6 is 0 Å². The maximum absolute atomic E-state index is 12.1. The summed E-state index contributed by atoms with van der Waals surface area (Å²) in [7, 11) is -4.30. The highest BCUT2D eigenvalue weighted by Gasteiger charge is 2.50. The van der Waals surface area contributed by atoms with Crippen molar-refractivity contribution in [3.8, 4) is 0 Å². The fourth-order valence-electron chi connectivity index (χ4n) is 4.75. The topological polar surface area (TPSA) is 55.8 Å². The fourth-order valence-corrected chi connectivity index (χ4v) is 11.9. The molecule has 0 heterocycles. The van der Waals surface area contributed by atoms with Gasteiger partial charge in [0.15, 0.2) is 8.32 Å². The Morgan fingerprint density at radius 1 is 0.935 bits per heavy atom. The molecule has 0 fully saturated rings. The highest BCUT2D eigenvalue weighted by molar-refractivity contribution is 6.77. The van der Waals surface area contributed by atoms with E-state index in [1.54, 1.807) is 6.92 Å². The van der Waals surface area contributed by atoms with Gasteiger partial charge in [0.1, 0.15) is 0 Å². The molecule has 0 aromatic carbocycles. The summed E-state index contributed by atoms with van der Waals surface area (Å²) >= 11 is 0. The van der Waals surface area contributed by atoms with E-state index >= 15 is 0 Å². The molecule has 0 bridgehead atoms. The summed E-state index contributed by atoms with van der Waals surface area (Å²) in [4.78, 5) is 12.1. The van der Waals surface area contributed by atoms with Crippen LogP contribution in [0.5, 0.6) is 0 Å². The standard InChI is InChI=1S/C25H52O4Si2/c1-15-16-22(28-30(13,14)25(10,11)12)20(8)23(21(9)24(26)27)29-31(17(2)3,18(4)5)19(6)7/h15,17-23H,1,16H2,2-14H3,(H,26,27)/t20-,21+,22-,23-/m1/s1. The van der Waals surface area contributed by atoms with Crippen LogP contribution in [-0.2, 0) is 13.6 Å². The van der Waals surface area contributed by atoms with E-state index in [2.05, 4.69) is 88.9 Å². The van der Waals surface area contributed by atoms with E-state index in [1.165, 1.54) is 0 Å². The Bertz CT molecular complexity index is 557. The van der Waals surface area contributed by atoms with Crippen LogP contribution < -0.4 is 0 Å². The van der Waals surface area contributed by atoms with E-state index in [4.69, 9.17) is 8.85 Å². The van der Waals surface area contributed by atoms with Crippen molar-refractivity contribution >= 4 is 22.6 Å². The lowest BCUT2D eigenvalue weighted by molar-refractivity contribution is -0.146. The molecule has 4 nitrogen and oxygen atoms in total. The highest BCUT2D eigenvalue weighted by Crippen LogP contribution is 2.46. The van der Waals surface area contributed by atoms with E-state index < -0.39 is 34.6 Å². The second-order valence-electron chi connectivity index (χ2n) is 11.8. The number of aliphatic carboxylic acids is 1.